The fraction of sp³-hybridized carbons (Fsp3) is 0.346. The van der Waals surface area contributed by atoms with Gasteiger partial charge < -0.3 is 14.4 Å². The number of benzene rings is 2. The van der Waals surface area contributed by atoms with Crippen molar-refractivity contribution in [2.24, 2.45) is 11.8 Å². The SMILES string of the molecule is O=C(C1CC(=O)N(c2ccccc2)C1)N1CCC(Cn2ccnc2-c2ccccc2)CC1. The van der Waals surface area contributed by atoms with Crippen molar-refractivity contribution in [3.63, 3.8) is 0 Å². The molecule has 2 saturated heterocycles. The number of imidazole rings is 1. The van der Waals surface area contributed by atoms with E-state index in [9.17, 15) is 9.59 Å². The van der Waals surface area contributed by atoms with Crippen LogP contribution in [0.2, 0.25) is 0 Å². The van der Waals surface area contributed by atoms with Crippen molar-refractivity contribution in [2.75, 3.05) is 24.5 Å². The van der Waals surface area contributed by atoms with Crippen LogP contribution in [0.4, 0.5) is 5.69 Å². The van der Waals surface area contributed by atoms with Crippen molar-refractivity contribution >= 4 is 17.5 Å². The second kappa shape index (κ2) is 8.99. The van der Waals surface area contributed by atoms with E-state index in [1.807, 2.05) is 65.8 Å². The second-order valence-electron chi connectivity index (χ2n) is 8.78. The first-order valence-corrected chi connectivity index (χ1v) is 11.4. The molecule has 1 aromatic heterocycles. The van der Waals surface area contributed by atoms with Crippen LogP contribution in [-0.4, -0.2) is 45.9 Å². The lowest BCUT2D eigenvalue weighted by molar-refractivity contribution is -0.137. The Balaban J connectivity index is 1.17. The Bertz CT molecular complexity index is 1070. The molecule has 0 N–H and O–H groups in total. The standard InChI is InChI=1S/C26H28N4O2/c31-24-17-22(19-30(24)23-9-5-2-6-10-23)26(32)28-14-11-20(12-15-28)18-29-16-13-27-25(29)21-7-3-1-4-8-21/h1-10,13,16,20,22H,11-12,14-15,17-19H2. The molecule has 1 unspecified atom stereocenters. The number of nitrogens with zero attached hydrogens (tertiary/aromatic N) is 4. The quantitative estimate of drug-likeness (QED) is 0.620. The predicted molar refractivity (Wildman–Crippen MR) is 124 cm³/mol. The first-order chi connectivity index (χ1) is 15.7. The number of rotatable bonds is 5. The Labute approximate surface area is 188 Å². The molecule has 2 aliphatic rings. The molecule has 0 radical (unpaired) electrons. The number of amides is 2. The van der Waals surface area contributed by atoms with Crippen LogP contribution in [0.25, 0.3) is 11.4 Å². The van der Waals surface area contributed by atoms with Gasteiger partial charge in [-0.3, -0.25) is 9.59 Å². The van der Waals surface area contributed by atoms with Crippen LogP contribution in [0, 0.1) is 11.8 Å². The minimum absolute atomic E-state index is 0.0398. The summed E-state index contributed by atoms with van der Waals surface area (Å²) in [6, 6.07) is 19.9. The fourth-order valence-corrected chi connectivity index (χ4v) is 4.91. The molecule has 2 aromatic carbocycles. The number of anilines is 1. The highest BCUT2D eigenvalue weighted by molar-refractivity contribution is 6.00. The summed E-state index contributed by atoms with van der Waals surface area (Å²) in [6.07, 6.45) is 6.16. The molecule has 6 nitrogen and oxygen atoms in total. The number of hydrogen-bond donors (Lipinski definition) is 0. The van der Waals surface area contributed by atoms with Crippen molar-refractivity contribution in [2.45, 2.75) is 25.8 Å². The summed E-state index contributed by atoms with van der Waals surface area (Å²) in [4.78, 5) is 33.9. The molecule has 32 heavy (non-hydrogen) atoms. The molecular weight excluding hydrogens is 400 g/mol. The lowest BCUT2D eigenvalue weighted by atomic mass is 9.95. The van der Waals surface area contributed by atoms with E-state index in [0.717, 1.165) is 49.6 Å². The molecule has 1 atom stereocenters. The molecule has 2 amide bonds. The molecule has 3 heterocycles. The van der Waals surface area contributed by atoms with E-state index in [4.69, 9.17) is 0 Å². The van der Waals surface area contributed by atoms with Gasteiger partial charge in [0.05, 0.1) is 5.92 Å². The number of likely N-dealkylation sites (tertiary alicyclic amines) is 1. The van der Waals surface area contributed by atoms with Crippen LogP contribution < -0.4 is 4.90 Å². The van der Waals surface area contributed by atoms with Gasteiger partial charge in [0.1, 0.15) is 5.82 Å². The monoisotopic (exact) mass is 428 g/mol. The van der Waals surface area contributed by atoms with Gasteiger partial charge in [-0.2, -0.15) is 0 Å². The van der Waals surface area contributed by atoms with Crippen molar-refractivity contribution in [3.05, 3.63) is 73.1 Å². The molecule has 5 rings (SSSR count). The van der Waals surface area contributed by atoms with Crippen LogP contribution in [0.3, 0.4) is 0 Å². The average Bonchev–Trinajstić information content (AvgIpc) is 3.47. The second-order valence-corrected chi connectivity index (χ2v) is 8.78. The molecule has 0 spiro atoms. The van der Waals surface area contributed by atoms with E-state index in [-0.39, 0.29) is 17.7 Å². The Kier molecular flexibility index (Phi) is 5.75. The van der Waals surface area contributed by atoms with Crippen molar-refractivity contribution in [3.8, 4) is 11.4 Å². The predicted octanol–water partition coefficient (Wildman–Crippen LogP) is 3.84. The Morgan fingerprint density at radius 3 is 2.38 bits per heavy atom. The highest BCUT2D eigenvalue weighted by Gasteiger charge is 2.38. The van der Waals surface area contributed by atoms with E-state index in [1.54, 1.807) is 4.90 Å². The van der Waals surface area contributed by atoms with Gasteiger partial charge in [-0.05, 0) is 30.9 Å². The molecule has 2 fully saturated rings. The Morgan fingerprint density at radius 2 is 1.66 bits per heavy atom. The third-order valence-corrected chi connectivity index (χ3v) is 6.67. The number of hydrogen-bond acceptors (Lipinski definition) is 3. The van der Waals surface area contributed by atoms with E-state index in [0.29, 0.717) is 18.9 Å². The van der Waals surface area contributed by atoms with E-state index >= 15 is 0 Å². The Morgan fingerprint density at radius 1 is 0.969 bits per heavy atom. The van der Waals surface area contributed by atoms with Gasteiger partial charge in [-0.15, -0.1) is 0 Å². The molecule has 164 valence electrons. The van der Waals surface area contributed by atoms with Gasteiger partial charge in [0.25, 0.3) is 0 Å². The zero-order valence-electron chi connectivity index (χ0n) is 18.1. The highest BCUT2D eigenvalue weighted by atomic mass is 16.2. The highest BCUT2D eigenvalue weighted by Crippen LogP contribution is 2.28. The molecule has 0 aliphatic carbocycles. The summed E-state index contributed by atoms with van der Waals surface area (Å²) in [7, 11) is 0. The number of piperidine rings is 1. The summed E-state index contributed by atoms with van der Waals surface area (Å²) >= 11 is 0. The van der Waals surface area contributed by atoms with Gasteiger partial charge >= 0.3 is 0 Å². The topological polar surface area (TPSA) is 58.4 Å². The summed E-state index contributed by atoms with van der Waals surface area (Å²) < 4.78 is 2.23. The normalized spacial score (nSPS) is 19.5. The number of carbonyl (C=O) groups excluding carboxylic acids is 2. The minimum atomic E-state index is -0.238. The van der Waals surface area contributed by atoms with E-state index in [1.165, 1.54) is 0 Å². The van der Waals surface area contributed by atoms with Crippen LogP contribution in [-0.2, 0) is 16.1 Å². The summed E-state index contributed by atoms with van der Waals surface area (Å²) in [5.41, 5.74) is 2.00. The van der Waals surface area contributed by atoms with Crippen LogP contribution >= 0.6 is 0 Å². The van der Waals surface area contributed by atoms with Gasteiger partial charge in [0, 0.05) is 56.2 Å². The first-order valence-electron chi connectivity index (χ1n) is 11.4. The Hall–Kier alpha value is -3.41. The smallest absolute Gasteiger partial charge is 0.228 e. The van der Waals surface area contributed by atoms with Gasteiger partial charge in [0.15, 0.2) is 0 Å². The average molecular weight is 429 g/mol. The lowest BCUT2D eigenvalue weighted by Crippen LogP contribution is -2.43. The van der Waals surface area contributed by atoms with Gasteiger partial charge in [0.2, 0.25) is 11.8 Å². The molecule has 0 bridgehead atoms. The van der Waals surface area contributed by atoms with E-state index in [2.05, 4.69) is 21.7 Å². The summed E-state index contributed by atoms with van der Waals surface area (Å²) in [5.74, 6) is 1.44. The molecule has 2 aliphatic heterocycles. The zero-order valence-corrected chi connectivity index (χ0v) is 18.1. The maximum atomic E-state index is 13.1. The number of para-hydroxylation sites is 1. The lowest BCUT2D eigenvalue weighted by Gasteiger charge is -2.33. The largest absolute Gasteiger partial charge is 0.342 e. The third kappa shape index (κ3) is 4.17. The molecular formula is C26H28N4O2. The molecule has 0 saturated carbocycles. The fourth-order valence-electron chi connectivity index (χ4n) is 4.91. The molecule has 6 heteroatoms. The minimum Gasteiger partial charge on any atom is -0.342 e. The maximum absolute atomic E-state index is 13.1. The maximum Gasteiger partial charge on any atom is 0.228 e. The summed E-state index contributed by atoms with van der Waals surface area (Å²) in [5, 5.41) is 0. The van der Waals surface area contributed by atoms with Crippen molar-refractivity contribution < 1.29 is 9.59 Å². The van der Waals surface area contributed by atoms with Crippen molar-refractivity contribution in [1.29, 1.82) is 0 Å². The number of carbonyl (C=O) groups is 2. The van der Waals surface area contributed by atoms with Crippen LogP contribution in [0.1, 0.15) is 19.3 Å². The summed E-state index contributed by atoms with van der Waals surface area (Å²) in [6.45, 7) is 2.91. The van der Waals surface area contributed by atoms with Crippen LogP contribution in [0.15, 0.2) is 73.1 Å². The number of aromatic nitrogens is 2. The van der Waals surface area contributed by atoms with E-state index < -0.39 is 0 Å². The molecule has 3 aromatic rings. The first kappa shape index (κ1) is 20.5. The third-order valence-electron chi connectivity index (χ3n) is 6.67. The van der Waals surface area contributed by atoms with Crippen LogP contribution in [0.5, 0.6) is 0 Å². The van der Waals surface area contributed by atoms with Crippen molar-refractivity contribution in [1.82, 2.24) is 14.5 Å². The van der Waals surface area contributed by atoms with Gasteiger partial charge in [-0.1, -0.05) is 48.5 Å². The zero-order chi connectivity index (χ0) is 21.9. The van der Waals surface area contributed by atoms with Gasteiger partial charge in [-0.25, -0.2) is 4.98 Å².